The summed E-state index contributed by atoms with van der Waals surface area (Å²) in [4.78, 5) is 23.7. The van der Waals surface area contributed by atoms with E-state index < -0.39 is 0 Å². The molecule has 20 heavy (non-hydrogen) atoms. The summed E-state index contributed by atoms with van der Waals surface area (Å²) in [6, 6.07) is 5.75. The van der Waals surface area contributed by atoms with Crippen LogP contribution in [-0.2, 0) is 14.9 Å². The fourth-order valence-electron chi connectivity index (χ4n) is 3.99. The standard InChI is InChI=1S/C16H17NO3/c1-10(18)17-12-5-2-4-11-13(12)14(19)20-16(8-9-16)15(11)6-3-7-15/h2,4-5H,3,6-9H2,1H3,(H,17,18). The number of rotatable bonds is 1. The van der Waals surface area contributed by atoms with Crippen molar-refractivity contribution in [3.63, 3.8) is 0 Å². The summed E-state index contributed by atoms with van der Waals surface area (Å²) in [6.45, 7) is 1.45. The van der Waals surface area contributed by atoms with Gasteiger partial charge in [-0.1, -0.05) is 18.6 Å². The predicted molar refractivity (Wildman–Crippen MR) is 73.7 cm³/mol. The Balaban J connectivity index is 1.90. The van der Waals surface area contributed by atoms with Crippen LogP contribution in [0, 0.1) is 0 Å². The van der Waals surface area contributed by atoms with Crippen molar-refractivity contribution in [3.05, 3.63) is 29.3 Å². The Morgan fingerprint density at radius 3 is 2.55 bits per heavy atom. The molecule has 4 nitrogen and oxygen atoms in total. The smallest absolute Gasteiger partial charge is 0.341 e. The Morgan fingerprint density at radius 2 is 2.00 bits per heavy atom. The van der Waals surface area contributed by atoms with E-state index in [0.29, 0.717) is 11.3 Å². The molecule has 2 spiro atoms. The van der Waals surface area contributed by atoms with Crippen molar-refractivity contribution in [3.8, 4) is 0 Å². The van der Waals surface area contributed by atoms with E-state index in [1.165, 1.54) is 13.3 Å². The van der Waals surface area contributed by atoms with Gasteiger partial charge < -0.3 is 10.1 Å². The summed E-state index contributed by atoms with van der Waals surface area (Å²) in [5.74, 6) is -0.444. The minimum atomic E-state index is -0.278. The summed E-state index contributed by atoms with van der Waals surface area (Å²) in [7, 11) is 0. The second-order valence-corrected chi connectivity index (χ2v) is 6.23. The molecule has 4 heteroatoms. The van der Waals surface area contributed by atoms with Crippen LogP contribution in [0.5, 0.6) is 0 Å². The van der Waals surface area contributed by atoms with Crippen molar-refractivity contribution in [1.82, 2.24) is 0 Å². The number of ether oxygens (including phenoxy) is 1. The van der Waals surface area contributed by atoms with E-state index in [1.54, 1.807) is 6.07 Å². The van der Waals surface area contributed by atoms with Crippen molar-refractivity contribution in [2.24, 2.45) is 0 Å². The predicted octanol–water partition coefficient (Wildman–Crippen LogP) is 2.77. The van der Waals surface area contributed by atoms with Crippen LogP contribution in [0.25, 0.3) is 0 Å². The lowest BCUT2D eigenvalue weighted by Crippen LogP contribution is -2.53. The quantitative estimate of drug-likeness (QED) is 0.799. The van der Waals surface area contributed by atoms with E-state index in [9.17, 15) is 9.59 Å². The SMILES string of the molecule is CC(=O)Nc1cccc2c1C(=O)OC1(CC1)C21CCC1. The maximum Gasteiger partial charge on any atom is 0.341 e. The maximum atomic E-state index is 12.4. The molecule has 0 saturated heterocycles. The third-order valence-electron chi connectivity index (χ3n) is 5.17. The van der Waals surface area contributed by atoms with Gasteiger partial charge in [0.15, 0.2) is 0 Å². The summed E-state index contributed by atoms with van der Waals surface area (Å²) < 4.78 is 5.80. The first-order chi connectivity index (χ1) is 9.58. The Bertz CT molecular complexity index is 627. The zero-order valence-corrected chi connectivity index (χ0v) is 11.5. The maximum absolute atomic E-state index is 12.4. The average Bonchev–Trinajstić information content (AvgIpc) is 3.06. The van der Waals surface area contributed by atoms with Crippen LogP contribution < -0.4 is 5.32 Å². The van der Waals surface area contributed by atoms with Gasteiger partial charge in [0.1, 0.15) is 5.60 Å². The topological polar surface area (TPSA) is 55.4 Å². The van der Waals surface area contributed by atoms with Crippen LogP contribution >= 0.6 is 0 Å². The van der Waals surface area contributed by atoms with Crippen molar-refractivity contribution >= 4 is 17.6 Å². The van der Waals surface area contributed by atoms with Gasteiger partial charge in [-0.05, 0) is 37.3 Å². The zero-order valence-electron chi connectivity index (χ0n) is 11.5. The molecular formula is C16H17NO3. The van der Waals surface area contributed by atoms with Crippen molar-refractivity contribution < 1.29 is 14.3 Å². The third kappa shape index (κ3) is 1.31. The molecule has 0 bridgehead atoms. The molecular weight excluding hydrogens is 254 g/mol. The Morgan fingerprint density at radius 1 is 1.25 bits per heavy atom. The fourth-order valence-corrected chi connectivity index (χ4v) is 3.99. The van der Waals surface area contributed by atoms with E-state index in [0.717, 1.165) is 31.2 Å². The molecule has 1 aromatic rings. The minimum absolute atomic E-state index is 0.00468. The van der Waals surface area contributed by atoms with Crippen molar-refractivity contribution in [2.45, 2.75) is 50.0 Å². The molecule has 0 unspecified atom stereocenters. The molecule has 0 radical (unpaired) electrons. The summed E-state index contributed by atoms with van der Waals surface area (Å²) in [6.07, 6.45) is 5.29. The average molecular weight is 271 g/mol. The molecule has 2 saturated carbocycles. The van der Waals surface area contributed by atoms with E-state index in [2.05, 4.69) is 5.32 Å². The monoisotopic (exact) mass is 271 g/mol. The number of nitrogens with one attached hydrogen (secondary N) is 1. The highest BCUT2D eigenvalue weighted by Gasteiger charge is 2.68. The van der Waals surface area contributed by atoms with Gasteiger partial charge >= 0.3 is 5.97 Å². The Labute approximate surface area is 117 Å². The molecule has 2 aliphatic carbocycles. The van der Waals surface area contributed by atoms with Crippen LogP contribution in [0.2, 0.25) is 0 Å². The van der Waals surface area contributed by atoms with Crippen LogP contribution in [-0.4, -0.2) is 17.5 Å². The second kappa shape index (κ2) is 3.62. The van der Waals surface area contributed by atoms with E-state index in [-0.39, 0.29) is 22.9 Å². The van der Waals surface area contributed by atoms with Crippen molar-refractivity contribution in [2.75, 3.05) is 5.32 Å². The van der Waals surface area contributed by atoms with Gasteiger partial charge in [-0.25, -0.2) is 4.79 Å². The fraction of sp³-hybridized carbons (Fsp3) is 0.500. The molecule has 2 fully saturated rings. The van der Waals surface area contributed by atoms with E-state index in [4.69, 9.17) is 4.74 Å². The lowest BCUT2D eigenvalue weighted by molar-refractivity contribution is -0.114. The lowest BCUT2D eigenvalue weighted by atomic mass is 9.57. The molecule has 1 amide bonds. The van der Waals surface area contributed by atoms with Gasteiger partial charge in [-0.2, -0.15) is 0 Å². The number of carbonyl (C=O) groups is 2. The first-order valence-electron chi connectivity index (χ1n) is 7.22. The Kier molecular flexibility index (Phi) is 2.16. The van der Waals surface area contributed by atoms with Gasteiger partial charge in [0.2, 0.25) is 5.91 Å². The highest BCUT2D eigenvalue weighted by molar-refractivity contribution is 6.03. The van der Waals surface area contributed by atoms with E-state index >= 15 is 0 Å². The molecule has 1 aliphatic heterocycles. The van der Waals surface area contributed by atoms with Crippen molar-refractivity contribution in [1.29, 1.82) is 0 Å². The molecule has 4 rings (SSSR count). The molecule has 0 aromatic heterocycles. The third-order valence-corrected chi connectivity index (χ3v) is 5.17. The second-order valence-electron chi connectivity index (χ2n) is 6.23. The number of carbonyl (C=O) groups excluding carboxylic acids is 2. The largest absolute Gasteiger partial charge is 0.454 e. The van der Waals surface area contributed by atoms with Crippen LogP contribution in [0.3, 0.4) is 0 Å². The summed E-state index contributed by atoms with van der Waals surface area (Å²) >= 11 is 0. The lowest BCUT2D eigenvalue weighted by Gasteiger charge is -2.51. The summed E-state index contributed by atoms with van der Waals surface area (Å²) in [5.41, 5.74) is 2.00. The number of hydrogen-bond acceptors (Lipinski definition) is 3. The highest BCUT2D eigenvalue weighted by Crippen LogP contribution is 2.66. The van der Waals surface area contributed by atoms with Gasteiger partial charge in [-0.15, -0.1) is 0 Å². The molecule has 0 atom stereocenters. The Hall–Kier alpha value is -1.84. The number of esters is 1. The van der Waals surface area contributed by atoms with Crippen LogP contribution in [0.4, 0.5) is 5.69 Å². The number of fused-ring (bicyclic) bond motifs is 3. The first kappa shape index (κ1) is 11.9. The van der Waals surface area contributed by atoms with Gasteiger partial charge in [-0.3, -0.25) is 4.79 Å². The number of benzene rings is 1. The number of hydrogen-bond donors (Lipinski definition) is 1. The highest BCUT2D eigenvalue weighted by atomic mass is 16.6. The van der Waals surface area contributed by atoms with E-state index in [1.807, 2.05) is 12.1 Å². The first-order valence-corrected chi connectivity index (χ1v) is 7.22. The normalized spacial score (nSPS) is 23.8. The van der Waals surface area contributed by atoms with Gasteiger partial charge in [0, 0.05) is 12.3 Å². The minimum Gasteiger partial charge on any atom is -0.454 e. The number of amides is 1. The van der Waals surface area contributed by atoms with Crippen LogP contribution in [0.15, 0.2) is 18.2 Å². The molecule has 1 aromatic carbocycles. The molecule has 1 N–H and O–H groups in total. The summed E-state index contributed by atoms with van der Waals surface area (Å²) in [5, 5.41) is 2.76. The molecule has 104 valence electrons. The van der Waals surface area contributed by atoms with Gasteiger partial charge in [0.25, 0.3) is 0 Å². The zero-order chi connectivity index (χ0) is 14.0. The van der Waals surface area contributed by atoms with Gasteiger partial charge in [0.05, 0.1) is 11.3 Å². The molecule has 3 aliphatic rings. The number of anilines is 1. The van der Waals surface area contributed by atoms with Crippen LogP contribution in [0.1, 0.15) is 54.9 Å². The molecule has 1 heterocycles.